The SMILES string of the molecule is CC(C)(C)c1ccc(N2c3cc4c(cc3B3c5c(cc6ccccc6c52)-c2cc5sc6ccccc6c5cc2N3c2ccc(-c3ccccc3)cc2)sc2cc3ccccc3cc24)c(-c2ccccc2)c1. The molecule has 2 aromatic heterocycles. The molecule has 0 atom stereocenters. The summed E-state index contributed by atoms with van der Waals surface area (Å²) in [5.74, 6) is 0. The van der Waals surface area contributed by atoms with E-state index in [9.17, 15) is 0 Å². The zero-order valence-electron chi connectivity index (χ0n) is 39.6. The zero-order chi connectivity index (χ0) is 47.1. The minimum absolute atomic E-state index is 0.0473. The van der Waals surface area contributed by atoms with Gasteiger partial charge < -0.3 is 9.71 Å². The van der Waals surface area contributed by atoms with Crippen LogP contribution in [-0.2, 0) is 5.41 Å². The standard InChI is InChI=1S/C66H45BN2S2/c1-66(2,3)46-28-31-57(50(35-46)42-18-8-5-9-19-42)68-59-37-54-52-32-43-20-10-11-21-44(43)34-61(52)71-63(54)39-56(59)67-64-55(33-45-22-12-13-23-48(45)65(64)68)51-38-62-53(49-24-14-15-25-60(49)70-62)36-58(51)69(67)47-29-26-41(27-30-47)40-16-6-4-7-17-40/h4-39H,1-3H3. The van der Waals surface area contributed by atoms with E-state index in [1.165, 1.54) is 140 Å². The van der Waals surface area contributed by atoms with Gasteiger partial charge >= 0.3 is 6.85 Å². The Morgan fingerprint density at radius 2 is 0.972 bits per heavy atom. The summed E-state index contributed by atoms with van der Waals surface area (Å²) in [6, 6.07) is 82.8. The van der Waals surface area contributed by atoms with Gasteiger partial charge in [-0.05, 0) is 133 Å². The summed E-state index contributed by atoms with van der Waals surface area (Å²) in [5, 5.41) is 10.2. The fraction of sp³-hybridized carbons (Fsp3) is 0.0606. The van der Waals surface area contributed by atoms with Crippen molar-refractivity contribution >= 4 is 131 Å². The fourth-order valence-corrected chi connectivity index (χ4v) is 14.2. The molecule has 0 spiro atoms. The Bertz CT molecular complexity index is 4340. The van der Waals surface area contributed by atoms with Gasteiger partial charge in [0.25, 0.3) is 0 Å². The van der Waals surface area contributed by atoms with Crippen molar-refractivity contribution < 1.29 is 0 Å². The molecule has 0 amide bonds. The van der Waals surface area contributed by atoms with Crippen molar-refractivity contribution in [3.63, 3.8) is 0 Å². The van der Waals surface area contributed by atoms with Gasteiger partial charge in [0.05, 0.1) is 11.4 Å². The van der Waals surface area contributed by atoms with Crippen LogP contribution in [0.4, 0.5) is 28.4 Å². The van der Waals surface area contributed by atoms with Crippen molar-refractivity contribution in [1.82, 2.24) is 0 Å². The van der Waals surface area contributed by atoms with Crippen molar-refractivity contribution in [2.75, 3.05) is 9.71 Å². The number of thiophene rings is 2. The maximum Gasteiger partial charge on any atom is 0.333 e. The molecule has 2 aliphatic rings. The summed E-state index contributed by atoms with van der Waals surface area (Å²) in [4.78, 5) is 5.37. The summed E-state index contributed by atoms with van der Waals surface area (Å²) in [6.07, 6.45) is 0. The Hall–Kier alpha value is -7.96. The number of fused-ring (bicyclic) bond motifs is 13. The summed E-state index contributed by atoms with van der Waals surface area (Å²) >= 11 is 3.82. The molecule has 0 unspecified atom stereocenters. The van der Waals surface area contributed by atoms with Crippen molar-refractivity contribution in [3.05, 3.63) is 224 Å². The van der Waals surface area contributed by atoms with Gasteiger partial charge in [-0.1, -0.05) is 166 Å². The maximum atomic E-state index is 2.70. The lowest BCUT2D eigenvalue weighted by molar-refractivity contribution is 0.590. The second-order valence-electron chi connectivity index (χ2n) is 20.4. The van der Waals surface area contributed by atoms with Crippen LogP contribution in [0.15, 0.2) is 218 Å². The highest BCUT2D eigenvalue weighted by atomic mass is 32.1. The molecule has 0 bridgehead atoms. The lowest BCUT2D eigenvalue weighted by Crippen LogP contribution is -2.61. The number of hydrogen-bond donors (Lipinski definition) is 0. The monoisotopic (exact) mass is 940 g/mol. The molecule has 0 saturated heterocycles. The second-order valence-corrected chi connectivity index (χ2v) is 22.6. The maximum absolute atomic E-state index is 2.70. The van der Waals surface area contributed by atoms with Crippen LogP contribution in [0.3, 0.4) is 0 Å². The molecule has 0 saturated carbocycles. The number of anilines is 5. The third-order valence-electron chi connectivity index (χ3n) is 15.3. The summed E-state index contributed by atoms with van der Waals surface area (Å²) in [5.41, 5.74) is 17.3. The minimum atomic E-state index is -0.156. The van der Waals surface area contributed by atoms with Gasteiger partial charge in [-0.2, -0.15) is 0 Å². The minimum Gasteiger partial charge on any atom is -0.376 e. The van der Waals surface area contributed by atoms with E-state index in [4.69, 9.17) is 0 Å². The van der Waals surface area contributed by atoms with E-state index in [-0.39, 0.29) is 12.3 Å². The third kappa shape index (κ3) is 6.19. The van der Waals surface area contributed by atoms with Crippen LogP contribution < -0.4 is 20.6 Å². The summed E-state index contributed by atoms with van der Waals surface area (Å²) in [7, 11) is 0. The Kier molecular flexibility index (Phi) is 8.79. The van der Waals surface area contributed by atoms with Crippen molar-refractivity contribution in [2.24, 2.45) is 0 Å². The number of rotatable bonds is 4. The van der Waals surface area contributed by atoms with Gasteiger partial charge in [0.1, 0.15) is 0 Å². The van der Waals surface area contributed by atoms with E-state index >= 15 is 0 Å². The highest BCUT2D eigenvalue weighted by Crippen LogP contribution is 2.54. The van der Waals surface area contributed by atoms with Gasteiger partial charge in [0.15, 0.2) is 0 Å². The van der Waals surface area contributed by atoms with Crippen LogP contribution in [0.2, 0.25) is 0 Å². The van der Waals surface area contributed by atoms with E-state index in [2.05, 4.69) is 249 Å². The number of hydrogen-bond acceptors (Lipinski definition) is 4. The van der Waals surface area contributed by atoms with Gasteiger partial charge in [0.2, 0.25) is 0 Å². The lowest BCUT2D eigenvalue weighted by Gasteiger charge is -2.46. The average Bonchev–Trinajstić information content (AvgIpc) is 3.96. The van der Waals surface area contributed by atoms with Gasteiger partial charge in [0, 0.05) is 73.9 Å². The van der Waals surface area contributed by atoms with E-state index in [1.807, 2.05) is 22.7 Å². The Balaban J connectivity index is 1.11. The lowest BCUT2D eigenvalue weighted by atomic mass is 9.43. The van der Waals surface area contributed by atoms with Crippen LogP contribution in [-0.4, -0.2) is 6.85 Å². The first-order valence-corrected chi connectivity index (χ1v) is 26.3. The highest BCUT2D eigenvalue weighted by molar-refractivity contribution is 7.26. The first-order chi connectivity index (χ1) is 34.8. The molecule has 0 radical (unpaired) electrons. The van der Waals surface area contributed by atoms with Gasteiger partial charge in [-0.15, -0.1) is 22.7 Å². The average molecular weight is 941 g/mol. The molecule has 0 N–H and O–H groups in total. The van der Waals surface area contributed by atoms with Crippen molar-refractivity contribution in [2.45, 2.75) is 26.2 Å². The molecule has 0 fully saturated rings. The predicted octanol–water partition coefficient (Wildman–Crippen LogP) is 18.1. The van der Waals surface area contributed by atoms with Crippen LogP contribution in [0, 0.1) is 0 Å². The number of nitrogens with zero attached hydrogens (tertiary/aromatic N) is 2. The summed E-state index contributed by atoms with van der Waals surface area (Å²) in [6.45, 7) is 6.82. The molecule has 0 aliphatic carbocycles. The van der Waals surface area contributed by atoms with Crippen molar-refractivity contribution in [1.29, 1.82) is 0 Å². The first kappa shape index (κ1) is 40.9. The molecule has 13 aromatic rings. The second kappa shape index (κ2) is 15.3. The van der Waals surface area contributed by atoms with Crippen molar-refractivity contribution in [3.8, 4) is 33.4 Å². The molecule has 5 heteroatoms. The Morgan fingerprint density at radius 3 is 1.75 bits per heavy atom. The molecule has 2 aliphatic heterocycles. The van der Waals surface area contributed by atoms with Crippen LogP contribution in [0.25, 0.3) is 95.3 Å². The molecule has 11 aromatic carbocycles. The van der Waals surface area contributed by atoms with E-state index in [0.717, 1.165) is 0 Å². The fourth-order valence-electron chi connectivity index (χ4n) is 11.9. The van der Waals surface area contributed by atoms with Gasteiger partial charge in [-0.3, -0.25) is 0 Å². The Morgan fingerprint density at radius 1 is 0.380 bits per heavy atom. The smallest absolute Gasteiger partial charge is 0.333 e. The molecule has 71 heavy (non-hydrogen) atoms. The zero-order valence-corrected chi connectivity index (χ0v) is 41.2. The molecular weight excluding hydrogens is 896 g/mol. The van der Waals surface area contributed by atoms with E-state index in [0.29, 0.717) is 0 Å². The first-order valence-electron chi connectivity index (χ1n) is 24.7. The predicted molar refractivity (Wildman–Crippen MR) is 311 cm³/mol. The Labute approximate surface area is 421 Å². The molecule has 4 heterocycles. The normalized spacial score (nSPS) is 13.2. The topological polar surface area (TPSA) is 6.48 Å². The molecule has 334 valence electrons. The van der Waals surface area contributed by atoms with Crippen LogP contribution in [0.1, 0.15) is 26.3 Å². The van der Waals surface area contributed by atoms with Crippen LogP contribution >= 0.6 is 22.7 Å². The molecule has 2 nitrogen and oxygen atoms in total. The molecular formula is C66H45BN2S2. The highest BCUT2D eigenvalue weighted by Gasteiger charge is 2.47. The quantitative estimate of drug-likeness (QED) is 0.162. The molecule has 15 rings (SSSR count). The third-order valence-corrected chi connectivity index (χ3v) is 17.6. The largest absolute Gasteiger partial charge is 0.376 e. The van der Waals surface area contributed by atoms with Gasteiger partial charge in [-0.25, -0.2) is 0 Å². The van der Waals surface area contributed by atoms with Crippen LogP contribution in [0.5, 0.6) is 0 Å². The van der Waals surface area contributed by atoms with E-state index < -0.39 is 0 Å². The number of benzene rings is 11. The summed E-state index contributed by atoms with van der Waals surface area (Å²) < 4.78 is 5.23. The van der Waals surface area contributed by atoms with E-state index in [1.54, 1.807) is 0 Å².